The maximum absolute atomic E-state index is 12.0. The van der Waals surface area contributed by atoms with Crippen molar-refractivity contribution in [3.8, 4) is 0 Å². The van der Waals surface area contributed by atoms with Crippen molar-refractivity contribution in [3.05, 3.63) is 35.5 Å². The van der Waals surface area contributed by atoms with Crippen molar-refractivity contribution in [2.45, 2.75) is 52.2 Å². The quantitative estimate of drug-likeness (QED) is 0.321. The number of amides is 1. The first-order chi connectivity index (χ1) is 13.8. The molecule has 2 aromatic rings. The Morgan fingerprint density at radius 2 is 2.13 bits per heavy atom. The third kappa shape index (κ3) is 6.26. The van der Waals surface area contributed by atoms with Crippen LogP contribution in [0.5, 0.6) is 0 Å². The lowest BCUT2D eigenvalue weighted by Gasteiger charge is -2.23. The van der Waals surface area contributed by atoms with E-state index in [0.29, 0.717) is 0 Å². The van der Waals surface area contributed by atoms with Crippen molar-refractivity contribution < 1.29 is 9.53 Å². The van der Waals surface area contributed by atoms with Crippen LogP contribution in [0.15, 0.2) is 29.4 Å². The number of hydrogen-bond donors (Lipinski definition) is 3. The van der Waals surface area contributed by atoms with Crippen LogP contribution in [0.3, 0.4) is 0 Å². The number of carbonyl (C=O) groups excluding carboxylic acids is 1. The van der Waals surface area contributed by atoms with Crippen molar-refractivity contribution in [2.24, 2.45) is 4.99 Å². The Balaban J connectivity index is 0.00000320. The molecule has 1 unspecified atom stereocenters. The molecular weight excluding hydrogens is 493 g/mol. The van der Waals surface area contributed by atoms with Gasteiger partial charge in [0.2, 0.25) is 0 Å². The number of alkyl carbamates (subject to hydrolysis) is 1. The maximum atomic E-state index is 12.0. The van der Waals surface area contributed by atoms with Crippen molar-refractivity contribution in [3.63, 3.8) is 0 Å². The van der Waals surface area contributed by atoms with E-state index in [0.717, 1.165) is 38.4 Å². The Bertz CT molecular complexity index is 887. The molecule has 3 rings (SSSR count). The van der Waals surface area contributed by atoms with E-state index in [4.69, 9.17) is 4.74 Å². The van der Waals surface area contributed by atoms with E-state index in [1.807, 2.05) is 20.8 Å². The van der Waals surface area contributed by atoms with E-state index in [1.54, 1.807) is 7.05 Å². The van der Waals surface area contributed by atoms with Crippen molar-refractivity contribution in [1.82, 2.24) is 20.5 Å². The Hall–Kier alpha value is -1.97. The largest absolute Gasteiger partial charge is 0.444 e. The minimum atomic E-state index is -0.485. The molecule has 1 saturated heterocycles. The summed E-state index contributed by atoms with van der Waals surface area (Å²) in [6.45, 7) is 10.1. The zero-order valence-electron chi connectivity index (χ0n) is 18.5. The van der Waals surface area contributed by atoms with Crippen LogP contribution in [-0.2, 0) is 11.2 Å². The van der Waals surface area contributed by atoms with E-state index in [9.17, 15) is 4.79 Å². The number of aliphatic imine (C=N–C) groups is 1. The number of nitrogens with zero attached hydrogens (tertiary/aromatic N) is 2. The Kier molecular flexibility index (Phi) is 8.40. The van der Waals surface area contributed by atoms with Crippen LogP contribution in [0.2, 0.25) is 0 Å². The molecule has 1 aromatic carbocycles. The summed E-state index contributed by atoms with van der Waals surface area (Å²) in [6.07, 6.45) is 3.53. The first-order valence-electron chi connectivity index (χ1n) is 10.3. The fraction of sp³-hybridized carbons (Fsp3) is 0.545. The number of H-pyrrole nitrogens is 1. The first kappa shape index (κ1) is 24.3. The summed E-state index contributed by atoms with van der Waals surface area (Å²) in [5.41, 5.74) is 3.30. The molecule has 1 aliphatic heterocycles. The summed E-state index contributed by atoms with van der Waals surface area (Å²) < 4.78 is 5.36. The van der Waals surface area contributed by atoms with E-state index >= 15 is 0 Å². The number of benzene rings is 1. The van der Waals surface area contributed by atoms with Gasteiger partial charge in [-0.25, -0.2) is 4.79 Å². The SMILES string of the molecule is CN=C(NCCc1c[nH]c2cccc(C)c12)N1CCC(NC(=O)OC(C)(C)C)C1.I. The summed E-state index contributed by atoms with van der Waals surface area (Å²) in [5.74, 6) is 0.870. The monoisotopic (exact) mass is 527 g/mol. The third-order valence-electron chi connectivity index (χ3n) is 5.09. The molecule has 0 saturated carbocycles. The van der Waals surface area contributed by atoms with Crippen LogP contribution < -0.4 is 10.6 Å². The zero-order chi connectivity index (χ0) is 21.0. The number of aryl methyl sites for hydroxylation is 1. The molecule has 0 bridgehead atoms. The summed E-state index contributed by atoms with van der Waals surface area (Å²) in [4.78, 5) is 22.0. The number of rotatable bonds is 4. The van der Waals surface area contributed by atoms with Gasteiger partial charge in [0.05, 0.1) is 6.04 Å². The highest BCUT2D eigenvalue weighted by Gasteiger charge is 2.27. The Morgan fingerprint density at radius 1 is 1.37 bits per heavy atom. The van der Waals surface area contributed by atoms with Gasteiger partial charge in [-0.3, -0.25) is 4.99 Å². The fourth-order valence-electron chi connectivity index (χ4n) is 3.83. The molecule has 1 fully saturated rings. The molecule has 8 heteroatoms. The van der Waals surface area contributed by atoms with Gasteiger partial charge in [-0.05, 0) is 57.7 Å². The first-order valence-corrected chi connectivity index (χ1v) is 10.3. The second kappa shape index (κ2) is 10.4. The van der Waals surface area contributed by atoms with Gasteiger partial charge in [-0.2, -0.15) is 0 Å². The van der Waals surface area contributed by atoms with Crippen molar-refractivity contribution in [2.75, 3.05) is 26.7 Å². The van der Waals surface area contributed by atoms with E-state index < -0.39 is 5.60 Å². The van der Waals surface area contributed by atoms with Crippen molar-refractivity contribution in [1.29, 1.82) is 0 Å². The number of hydrogen-bond acceptors (Lipinski definition) is 3. The molecule has 1 aliphatic rings. The number of aromatic amines is 1. The predicted octanol–water partition coefficient (Wildman–Crippen LogP) is 3.81. The van der Waals surface area contributed by atoms with Crippen LogP contribution in [0.25, 0.3) is 10.9 Å². The van der Waals surface area contributed by atoms with Gasteiger partial charge in [-0.15, -0.1) is 24.0 Å². The lowest BCUT2D eigenvalue weighted by Crippen LogP contribution is -2.44. The molecule has 1 atom stereocenters. The Morgan fingerprint density at radius 3 is 2.83 bits per heavy atom. The van der Waals surface area contributed by atoms with Gasteiger partial charge in [0, 0.05) is 43.8 Å². The van der Waals surface area contributed by atoms with E-state index in [1.165, 1.54) is 22.0 Å². The predicted molar refractivity (Wildman–Crippen MR) is 133 cm³/mol. The lowest BCUT2D eigenvalue weighted by atomic mass is 10.1. The number of guanidine groups is 1. The van der Waals surface area contributed by atoms with Gasteiger partial charge in [-0.1, -0.05) is 12.1 Å². The second-order valence-corrected chi connectivity index (χ2v) is 8.61. The molecule has 2 heterocycles. The highest BCUT2D eigenvalue weighted by atomic mass is 127. The molecule has 7 nitrogen and oxygen atoms in total. The number of carbonyl (C=O) groups is 1. The minimum absolute atomic E-state index is 0. The molecule has 166 valence electrons. The zero-order valence-corrected chi connectivity index (χ0v) is 20.9. The van der Waals surface area contributed by atoms with Crippen molar-refractivity contribution >= 4 is 46.9 Å². The lowest BCUT2D eigenvalue weighted by molar-refractivity contribution is 0.0507. The molecule has 30 heavy (non-hydrogen) atoms. The molecule has 3 N–H and O–H groups in total. The third-order valence-corrected chi connectivity index (χ3v) is 5.09. The van der Waals surface area contributed by atoms with Crippen LogP contribution in [0.4, 0.5) is 4.79 Å². The molecule has 1 aromatic heterocycles. The summed E-state index contributed by atoms with van der Waals surface area (Å²) in [5, 5.41) is 7.74. The van der Waals surface area contributed by atoms with E-state index in [2.05, 4.69) is 56.8 Å². The smallest absolute Gasteiger partial charge is 0.407 e. The topological polar surface area (TPSA) is 81.8 Å². The van der Waals surface area contributed by atoms with Crippen LogP contribution in [0.1, 0.15) is 38.3 Å². The average molecular weight is 527 g/mol. The van der Waals surface area contributed by atoms with E-state index in [-0.39, 0.29) is 36.1 Å². The van der Waals surface area contributed by atoms with Gasteiger partial charge < -0.3 is 25.3 Å². The average Bonchev–Trinajstić information content (AvgIpc) is 3.25. The standard InChI is InChI=1S/C22H33N5O2.HI/c1-15-7-6-8-18-19(15)16(13-25-18)9-11-24-20(23-5)27-12-10-17(14-27)26-21(28)29-22(2,3)4;/h6-8,13,17,25H,9-12,14H2,1-5H3,(H,23,24)(H,26,28);1H. The van der Waals surface area contributed by atoms with Crippen LogP contribution in [0, 0.1) is 6.92 Å². The summed E-state index contributed by atoms with van der Waals surface area (Å²) in [7, 11) is 1.80. The fourth-order valence-corrected chi connectivity index (χ4v) is 3.83. The maximum Gasteiger partial charge on any atom is 0.407 e. The van der Waals surface area contributed by atoms with Crippen LogP contribution in [-0.4, -0.2) is 60.3 Å². The molecule has 0 aliphatic carbocycles. The highest BCUT2D eigenvalue weighted by molar-refractivity contribution is 14.0. The number of halogens is 1. The van der Waals surface area contributed by atoms with Gasteiger partial charge in [0.15, 0.2) is 5.96 Å². The highest BCUT2D eigenvalue weighted by Crippen LogP contribution is 2.22. The normalized spacial score (nSPS) is 17.0. The molecule has 0 radical (unpaired) electrons. The summed E-state index contributed by atoms with van der Waals surface area (Å²) in [6, 6.07) is 6.40. The minimum Gasteiger partial charge on any atom is -0.444 e. The molecule has 1 amide bonds. The molecule has 0 spiro atoms. The van der Waals surface area contributed by atoms with Gasteiger partial charge in [0.1, 0.15) is 5.60 Å². The molecular formula is C22H34IN5O2. The van der Waals surface area contributed by atoms with Gasteiger partial charge >= 0.3 is 6.09 Å². The number of nitrogens with one attached hydrogen (secondary N) is 3. The summed E-state index contributed by atoms with van der Waals surface area (Å²) >= 11 is 0. The Labute approximate surface area is 196 Å². The van der Waals surface area contributed by atoms with Crippen LogP contribution >= 0.6 is 24.0 Å². The number of ether oxygens (including phenoxy) is 1. The number of aromatic nitrogens is 1. The number of fused-ring (bicyclic) bond motifs is 1. The number of likely N-dealkylation sites (tertiary alicyclic amines) is 1. The second-order valence-electron chi connectivity index (χ2n) is 8.61. The van der Waals surface area contributed by atoms with Gasteiger partial charge in [0.25, 0.3) is 0 Å².